The molecule has 1 atom stereocenters. The van der Waals surface area contributed by atoms with Gasteiger partial charge in [0.25, 0.3) is 0 Å². The number of rotatable bonds is 3. The van der Waals surface area contributed by atoms with Crippen LogP contribution in [0.3, 0.4) is 0 Å². The van der Waals surface area contributed by atoms with Gasteiger partial charge in [0.05, 0.1) is 11.1 Å². The van der Waals surface area contributed by atoms with Gasteiger partial charge in [-0.05, 0) is 42.5 Å². The van der Waals surface area contributed by atoms with Crippen LogP contribution in [0.2, 0.25) is 0 Å². The summed E-state index contributed by atoms with van der Waals surface area (Å²) in [5, 5.41) is 18.1. The molecule has 20 heavy (non-hydrogen) atoms. The second kappa shape index (κ2) is 6.04. The molecule has 0 aromatic heterocycles. The van der Waals surface area contributed by atoms with Gasteiger partial charge >= 0.3 is 6.18 Å². The third-order valence-corrected chi connectivity index (χ3v) is 4.30. The van der Waals surface area contributed by atoms with Crippen LogP contribution in [0.25, 0.3) is 0 Å². The molecule has 0 saturated carbocycles. The summed E-state index contributed by atoms with van der Waals surface area (Å²) in [7, 11) is 0. The third-order valence-electron chi connectivity index (χ3n) is 3.16. The van der Waals surface area contributed by atoms with E-state index >= 15 is 0 Å². The zero-order valence-electron chi connectivity index (χ0n) is 10.5. The molecule has 1 aliphatic heterocycles. The van der Waals surface area contributed by atoms with Crippen molar-refractivity contribution >= 4 is 11.9 Å². The minimum absolute atomic E-state index is 0.0253. The van der Waals surface area contributed by atoms with Gasteiger partial charge < -0.3 is 5.11 Å². The molecular weight excluding hydrogens is 289 g/mol. The van der Waals surface area contributed by atoms with Crippen molar-refractivity contribution in [2.45, 2.75) is 17.5 Å². The Morgan fingerprint density at radius 3 is 2.75 bits per heavy atom. The monoisotopic (exact) mass is 302 g/mol. The molecule has 0 spiro atoms. The van der Waals surface area contributed by atoms with E-state index in [9.17, 15) is 13.2 Å². The number of hydrogen-bond donors (Lipinski definition) is 1. The molecule has 7 heteroatoms. The van der Waals surface area contributed by atoms with Crippen LogP contribution in [0.4, 0.5) is 13.2 Å². The third kappa shape index (κ3) is 3.45. The number of hydrogen-bond acceptors (Lipinski definition) is 4. The van der Waals surface area contributed by atoms with Gasteiger partial charge in [-0.1, -0.05) is 0 Å². The van der Waals surface area contributed by atoms with E-state index in [0.29, 0.717) is 11.4 Å². The average Bonchev–Trinajstić information content (AvgIpc) is 2.85. The quantitative estimate of drug-likeness (QED) is 0.872. The standard InChI is InChI=1S/C13H13F3N2OS/c14-13(15,16)11-1-2-12(10(5-11)6-17)20-18-4-3-9(7-18)8-19/h1-2,5,9,19H,3-4,7-8H2. The zero-order chi connectivity index (χ0) is 14.8. The Bertz CT molecular complexity index is 527. The lowest BCUT2D eigenvalue weighted by Crippen LogP contribution is -2.14. The lowest BCUT2D eigenvalue weighted by Gasteiger charge is -2.16. The van der Waals surface area contributed by atoms with Crippen LogP contribution in [0.5, 0.6) is 0 Å². The fourth-order valence-corrected chi connectivity index (χ4v) is 3.13. The van der Waals surface area contributed by atoms with Crippen molar-refractivity contribution in [3.05, 3.63) is 29.3 Å². The van der Waals surface area contributed by atoms with Crippen LogP contribution < -0.4 is 0 Å². The van der Waals surface area contributed by atoms with Gasteiger partial charge in [-0.2, -0.15) is 18.4 Å². The van der Waals surface area contributed by atoms with Crippen LogP contribution in [0, 0.1) is 17.2 Å². The van der Waals surface area contributed by atoms with E-state index in [2.05, 4.69) is 0 Å². The Morgan fingerprint density at radius 1 is 1.45 bits per heavy atom. The molecule has 0 bridgehead atoms. The Kier molecular flexibility index (Phi) is 4.58. The molecule has 108 valence electrons. The second-order valence-electron chi connectivity index (χ2n) is 4.64. The number of nitrogens with zero attached hydrogens (tertiary/aromatic N) is 2. The highest BCUT2D eigenvalue weighted by molar-refractivity contribution is 7.97. The van der Waals surface area contributed by atoms with Crippen molar-refractivity contribution in [1.29, 1.82) is 5.26 Å². The van der Waals surface area contributed by atoms with E-state index in [1.54, 1.807) is 0 Å². The van der Waals surface area contributed by atoms with Crippen molar-refractivity contribution in [2.24, 2.45) is 5.92 Å². The van der Waals surface area contributed by atoms with Crippen molar-refractivity contribution in [2.75, 3.05) is 19.7 Å². The fourth-order valence-electron chi connectivity index (χ4n) is 2.04. The highest BCUT2D eigenvalue weighted by Crippen LogP contribution is 2.35. The smallest absolute Gasteiger partial charge is 0.396 e. The number of aliphatic hydroxyl groups is 1. The second-order valence-corrected chi connectivity index (χ2v) is 5.78. The predicted octanol–water partition coefficient (Wildman–Crippen LogP) is 2.90. The maximum Gasteiger partial charge on any atom is 0.416 e. The number of nitriles is 1. The highest BCUT2D eigenvalue weighted by Gasteiger charge is 2.31. The summed E-state index contributed by atoms with van der Waals surface area (Å²) in [6, 6.07) is 5.01. The molecule has 1 heterocycles. The van der Waals surface area contributed by atoms with Gasteiger partial charge in [-0.25, -0.2) is 4.31 Å². The summed E-state index contributed by atoms with van der Waals surface area (Å²) in [4.78, 5) is 0.513. The van der Waals surface area contributed by atoms with E-state index in [1.165, 1.54) is 18.0 Å². The number of alkyl halides is 3. The average molecular weight is 302 g/mol. The van der Waals surface area contributed by atoms with E-state index in [1.807, 2.05) is 10.4 Å². The van der Waals surface area contributed by atoms with E-state index < -0.39 is 11.7 Å². The molecule has 1 aliphatic rings. The molecule has 1 saturated heterocycles. The van der Waals surface area contributed by atoms with Crippen molar-refractivity contribution in [3.63, 3.8) is 0 Å². The lowest BCUT2D eigenvalue weighted by molar-refractivity contribution is -0.137. The van der Waals surface area contributed by atoms with Crippen LogP contribution in [-0.2, 0) is 6.18 Å². The maximum absolute atomic E-state index is 12.6. The molecule has 1 fully saturated rings. The summed E-state index contributed by atoms with van der Waals surface area (Å²) >= 11 is 1.27. The predicted molar refractivity (Wildman–Crippen MR) is 68.8 cm³/mol. The first kappa shape index (κ1) is 15.2. The fraction of sp³-hybridized carbons (Fsp3) is 0.462. The van der Waals surface area contributed by atoms with Crippen LogP contribution >= 0.6 is 11.9 Å². The summed E-state index contributed by atoms with van der Waals surface area (Å²) in [6.45, 7) is 1.53. The SMILES string of the molecule is N#Cc1cc(C(F)(F)F)ccc1SN1CCC(CO)C1. The maximum atomic E-state index is 12.6. The van der Waals surface area contributed by atoms with E-state index in [4.69, 9.17) is 10.4 Å². The Balaban J connectivity index is 2.15. The first-order chi connectivity index (χ1) is 9.44. The van der Waals surface area contributed by atoms with Crippen LogP contribution in [-0.4, -0.2) is 29.1 Å². The van der Waals surface area contributed by atoms with Crippen molar-refractivity contribution in [3.8, 4) is 6.07 Å². The summed E-state index contributed by atoms with van der Waals surface area (Å²) < 4.78 is 39.7. The van der Waals surface area contributed by atoms with Gasteiger partial charge in [0, 0.05) is 24.6 Å². The molecule has 1 aromatic rings. The van der Waals surface area contributed by atoms with Crippen molar-refractivity contribution in [1.82, 2.24) is 4.31 Å². The normalized spacial score (nSPS) is 20.1. The minimum Gasteiger partial charge on any atom is -0.396 e. The van der Waals surface area contributed by atoms with E-state index in [-0.39, 0.29) is 18.1 Å². The summed E-state index contributed by atoms with van der Waals surface area (Å²) in [6.07, 6.45) is -3.59. The van der Waals surface area contributed by atoms with Gasteiger partial charge in [0.15, 0.2) is 0 Å². The van der Waals surface area contributed by atoms with Crippen LogP contribution in [0.15, 0.2) is 23.1 Å². The molecule has 2 rings (SSSR count). The first-order valence-corrected chi connectivity index (χ1v) is 6.86. The number of halogens is 3. The Morgan fingerprint density at radius 2 is 2.20 bits per heavy atom. The molecule has 0 amide bonds. The number of aliphatic hydroxyl groups excluding tert-OH is 1. The highest BCUT2D eigenvalue weighted by atomic mass is 32.2. The first-order valence-electron chi connectivity index (χ1n) is 6.09. The van der Waals surface area contributed by atoms with Crippen molar-refractivity contribution < 1.29 is 18.3 Å². The van der Waals surface area contributed by atoms with E-state index in [0.717, 1.165) is 25.1 Å². The van der Waals surface area contributed by atoms with Crippen LogP contribution in [0.1, 0.15) is 17.5 Å². The molecule has 0 radical (unpaired) electrons. The van der Waals surface area contributed by atoms with Gasteiger partial charge in [0.2, 0.25) is 0 Å². The molecule has 0 aliphatic carbocycles. The molecule has 3 nitrogen and oxygen atoms in total. The largest absolute Gasteiger partial charge is 0.416 e. The summed E-state index contributed by atoms with van der Waals surface area (Å²) in [5.74, 6) is 0.197. The minimum atomic E-state index is -4.44. The molecule has 1 aromatic carbocycles. The van der Waals surface area contributed by atoms with Gasteiger partial charge in [-0.3, -0.25) is 0 Å². The molecule has 1 N–H and O–H groups in total. The molecular formula is C13H13F3N2OS. The number of benzene rings is 1. The Labute approximate surface area is 119 Å². The molecule has 1 unspecified atom stereocenters. The zero-order valence-corrected chi connectivity index (χ0v) is 11.3. The summed E-state index contributed by atoms with van der Waals surface area (Å²) in [5.41, 5.74) is -0.787. The van der Waals surface area contributed by atoms with Gasteiger partial charge in [0.1, 0.15) is 6.07 Å². The topological polar surface area (TPSA) is 47.3 Å². The van der Waals surface area contributed by atoms with Gasteiger partial charge in [-0.15, -0.1) is 0 Å². The Hall–Kier alpha value is -1.23. The lowest BCUT2D eigenvalue weighted by atomic mass is 10.1.